The van der Waals surface area contributed by atoms with E-state index in [0.29, 0.717) is 16.5 Å². The van der Waals surface area contributed by atoms with Crippen LogP contribution in [0.4, 0.5) is 11.4 Å². The van der Waals surface area contributed by atoms with Gasteiger partial charge in [-0.25, -0.2) is 9.69 Å². The molecule has 140 valence electrons. The van der Waals surface area contributed by atoms with Crippen LogP contribution in [0.1, 0.15) is 22.3 Å². The Morgan fingerprint density at radius 3 is 2.67 bits per heavy atom. The van der Waals surface area contributed by atoms with E-state index in [1.807, 2.05) is 0 Å². The average Bonchev–Trinajstić information content (AvgIpc) is 2.90. The first-order chi connectivity index (χ1) is 12.8. The summed E-state index contributed by atoms with van der Waals surface area (Å²) < 4.78 is 5.23. The van der Waals surface area contributed by atoms with Crippen LogP contribution in [-0.4, -0.2) is 36.0 Å². The number of halogens is 1. The minimum Gasteiger partial charge on any atom is -0.495 e. The summed E-state index contributed by atoms with van der Waals surface area (Å²) in [6.07, 6.45) is -0.0642. The molecular weight excluding hydrogens is 372 g/mol. The number of aromatic carboxylic acids is 1. The van der Waals surface area contributed by atoms with E-state index in [2.05, 4.69) is 5.32 Å². The molecule has 2 N–H and O–H groups in total. The number of carboxylic acids is 1. The van der Waals surface area contributed by atoms with Gasteiger partial charge in [0.15, 0.2) is 0 Å². The van der Waals surface area contributed by atoms with Crippen molar-refractivity contribution in [3.05, 3.63) is 52.5 Å². The number of benzene rings is 2. The number of carbonyl (C=O) groups is 3. The molecule has 0 aliphatic carbocycles. The molecule has 2 aromatic rings. The van der Waals surface area contributed by atoms with Crippen molar-refractivity contribution in [2.75, 3.05) is 17.3 Å². The third-order valence-electron chi connectivity index (χ3n) is 4.34. The van der Waals surface area contributed by atoms with Crippen molar-refractivity contribution in [3.63, 3.8) is 0 Å². The zero-order valence-corrected chi connectivity index (χ0v) is 15.4. The first kappa shape index (κ1) is 18.7. The molecule has 3 rings (SSSR count). The van der Waals surface area contributed by atoms with Crippen LogP contribution >= 0.6 is 11.6 Å². The lowest BCUT2D eigenvalue weighted by Crippen LogP contribution is -2.35. The third-order valence-corrected chi connectivity index (χ3v) is 4.58. The van der Waals surface area contributed by atoms with Crippen LogP contribution in [0.3, 0.4) is 0 Å². The van der Waals surface area contributed by atoms with Crippen molar-refractivity contribution >= 4 is 40.8 Å². The number of carbonyl (C=O) groups excluding carboxylic acids is 2. The number of amides is 2. The highest BCUT2D eigenvalue weighted by atomic mass is 35.5. The van der Waals surface area contributed by atoms with Crippen molar-refractivity contribution in [1.82, 2.24) is 0 Å². The number of aryl methyl sites for hydroxylation is 1. The lowest BCUT2D eigenvalue weighted by atomic mass is 10.1. The van der Waals surface area contributed by atoms with E-state index >= 15 is 0 Å². The summed E-state index contributed by atoms with van der Waals surface area (Å²) in [5.74, 6) is -1.58. The first-order valence-corrected chi connectivity index (χ1v) is 8.50. The van der Waals surface area contributed by atoms with Crippen molar-refractivity contribution in [3.8, 4) is 5.75 Å². The van der Waals surface area contributed by atoms with Crippen molar-refractivity contribution in [1.29, 1.82) is 0 Å². The minimum absolute atomic E-state index is 0.0642. The van der Waals surface area contributed by atoms with E-state index in [1.54, 1.807) is 25.1 Å². The molecule has 1 atom stereocenters. The van der Waals surface area contributed by atoms with Gasteiger partial charge in [-0.1, -0.05) is 17.7 Å². The Labute approximate surface area is 160 Å². The van der Waals surface area contributed by atoms with E-state index in [4.69, 9.17) is 21.4 Å². The zero-order valence-electron chi connectivity index (χ0n) is 14.7. The number of anilines is 2. The summed E-state index contributed by atoms with van der Waals surface area (Å²) in [4.78, 5) is 37.6. The standard InChI is InChI=1S/C19H17ClN2O5/c1-10-3-4-11(19(25)26)7-13(10)21-14-9-17(23)22(18(14)24)15-8-12(20)5-6-16(15)27-2/h3-8,14,21H,9H2,1-2H3,(H,25,26)/t14-/m0/s1. The number of hydrogen-bond donors (Lipinski definition) is 2. The smallest absolute Gasteiger partial charge is 0.335 e. The van der Waals surface area contributed by atoms with Gasteiger partial charge in [-0.2, -0.15) is 0 Å². The number of ether oxygens (including phenoxy) is 1. The van der Waals surface area contributed by atoms with Crippen LogP contribution in [0.5, 0.6) is 5.75 Å². The van der Waals surface area contributed by atoms with Gasteiger partial charge in [0.25, 0.3) is 5.91 Å². The lowest BCUT2D eigenvalue weighted by molar-refractivity contribution is -0.121. The largest absolute Gasteiger partial charge is 0.495 e. The molecule has 27 heavy (non-hydrogen) atoms. The maximum Gasteiger partial charge on any atom is 0.335 e. The molecule has 8 heteroatoms. The molecule has 0 spiro atoms. The van der Waals surface area contributed by atoms with Gasteiger partial charge in [0.1, 0.15) is 11.8 Å². The molecular formula is C19H17ClN2O5. The van der Waals surface area contributed by atoms with Crippen molar-refractivity contribution < 1.29 is 24.2 Å². The molecule has 7 nitrogen and oxygen atoms in total. The number of nitrogens with one attached hydrogen (secondary N) is 1. The van der Waals surface area contributed by atoms with Crippen LogP contribution in [0.25, 0.3) is 0 Å². The number of nitrogens with zero attached hydrogens (tertiary/aromatic N) is 1. The van der Waals surface area contributed by atoms with Gasteiger partial charge in [-0.15, -0.1) is 0 Å². The van der Waals surface area contributed by atoms with Crippen molar-refractivity contribution in [2.24, 2.45) is 0 Å². The second-order valence-electron chi connectivity index (χ2n) is 6.12. The topological polar surface area (TPSA) is 95.9 Å². The Morgan fingerprint density at radius 2 is 2.00 bits per heavy atom. The molecule has 2 amide bonds. The molecule has 1 fully saturated rings. The summed E-state index contributed by atoms with van der Waals surface area (Å²) in [5, 5.41) is 12.5. The molecule has 0 radical (unpaired) electrons. The Bertz CT molecular complexity index is 944. The number of rotatable bonds is 5. The Kier molecular flexibility index (Phi) is 5.05. The summed E-state index contributed by atoms with van der Waals surface area (Å²) in [6, 6.07) is 8.43. The van der Waals surface area contributed by atoms with Gasteiger partial charge in [0.2, 0.25) is 5.91 Å². The average molecular weight is 389 g/mol. The fourth-order valence-corrected chi connectivity index (χ4v) is 3.10. The summed E-state index contributed by atoms with van der Waals surface area (Å²) in [5.41, 5.74) is 1.62. The van der Waals surface area contributed by atoms with E-state index < -0.39 is 23.8 Å². The summed E-state index contributed by atoms with van der Waals surface area (Å²) >= 11 is 6.01. The van der Waals surface area contributed by atoms with Gasteiger partial charge in [0.05, 0.1) is 24.8 Å². The molecule has 0 unspecified atom stereocenters. The van der Waals surface area contributed by atoms with Gasteiger partial charge < -0.3 is 15.2 Å². The molecule has 1 saturated heterocycles. The molecule has 0 aromatic heterocycles. The van der Waals surface area contributed by atoms with Gasteiger partial charge in [-0.3, -0.25) is 9.59 Å². The zero-order chi connectivity index (χ0) is 19.7. The summed E-state index contributed by atoms with van der Waals surface area (Å²) in [6.45, 7) is 1.78. The van der Waals surface area contributed by atoms with Gasteiger partial charge in [0, 0.05) is 10.7 Å². The van der Waals surface area contributed by atoms with E-state index in [9.17, 15) is 14.4 Å². The maximum atomic E-state index is 12.9. The van der Waals surface area contributed by atoms with Gasteiger partial charge in [-0.05, 0) is 42.8 Å². The predicted molar refractivity (Wildman–Crippen MR) is 101 cm³/mol. The normalized spacial score (nSPS) is 16.6. The molecule has 0 bridgehead atoms. The number of imide groups is 1. The highest BCUT2D eigenvalue weighted by Crippen LogP contribution is 2.35. The van der Waals surface area contributed by atoms with Crippen molar-refractivity contribution in [2.45, 2.75) is 19.4 Å². The Hall–Kier alpha value is -3.06. The number of hydrogen-bond acceptors (Lipinski definition) is 5. The SMILES string of the molecule is COc1ccc(Cl)cc1N1C(=O)C[C@H](Nc2cc(C(=O)O)ccc2C)C1=O. The van der Waals surface area contributed by atoms with E-state index in [-0.39, 0.29) is 17.7 Å². The fraction of sp³-hybridized carbons (Fsp3) is 0.211. The molecule has 2 aromatic carbocycles. The monoisotopic (exact) mass is 388 g/mol. The minimum atomic E-state index is -1.07. The second kappa shape index (κ2) is 7.28. The van der Waals surface area contributed by atoms with E-state index in [0.717, 1.165) is 10.5 Å². The quantitative estimate of drug-likeness (QED) is 0.764. The molecule has 0 saturated carbocycles. The number of methoxy groups -OCH3 is 1. The van der Waals surface area contributed by atoms with Crippen LogP contribution in [0, 0.1) is 6.92 Å². The Morgan fingerprint density at radius 1 is 1.26 bits per heavy atom. The van der Waals surface area contributed by atoms with Crippen LogP contribution < -0.4 is 15.0 Å². The lowest BCUT2D eigenvalue weighted by Gasteiger charge is -2.19. The van der Waals surface area contributed by atoms with Crippen LogP contribution in [-0.2, 0) is 9.59 Å². The predicted octanol–water partition coefficient (Wildman–Crippen LogP) is 3.10. The first-order valence-electron chi connectivity index (χ1n) is 8.12. The fourth-order valence-electron chi connectivity index (χ4n) is 2.93. The third kappa shape index (κ3) is 3.59. The van der Waals surface area contributed by atoms with Gasteiger partial charge >= 0.3 is 5.97 Å². The van der Waals surface area contributed by atoms with Crippen LogP contribution in [0.15, 0.2) is 36.4 Å². The second-order valence-corrected chi connectivity index (χ2v) is 6.56. The number of carboxylic acid groups (broad SMARTS) is 1. The highest BCUT2D eigenvalue weighted by molar-refractivity contribution is 6.31. The van der Waals surface area contributed by atoms with E-state index in [1.165, 1.54) is 25.3 Å². The summed E-state index contributed by atoms with van der Waals surface area (Å²) in [7, 11) is 1.44. The Balaban J connectivity index is 1.91. The molecule has 1 aliphatic heterocycles. The highest BCUT2D eigenvalue weighted by Gasteiger charge is 2.41. The van der Waals surface area contributed by atoms with Crippen LogP contribution in [0.2, 0.25) is 5.02 Å². The maximum absolute atomic E-state index is 12.9. The molecule has 1 aliphatic rings. The molecule has 1 heterocycles.